The predicted octanol–water partition coefficient (Wildman–Crippen LogP) is 3.99. The van der Waals surface area contributed by atoms with Gasteiger partial charge in [0, 0.05) is 29.1 Å². The summed E-state index contributed by atoms with van der Waals surface area (Å²) in [5.74, 6) is 3.38. The molecular formula is C22H34N2O3S2. The molecule has 0 amide bonds. The third-order valence-corrected chi connectivity index (χ3v) is 9.14. The maximum absolute atomic E-state index is 10.7. The molecule has 1 aromatic carbocycles. The number of benzene rings is 1. The van der Waals surface area contributed by atoms with Gasteiger partial charge in [-0.15, -0.1) is 0 Å². The number of rotatable bonds is 5. The Bertz CT molecular complexity index is 756. The molecule has 162 valence electrons. The molecule has 0 saturated carbocycles. The molecule has 4 rings (SSSR count). The molecule has 7 heteroatoms. The number of ether oxygens (including phenoxy) is 1. The highest BCUT2D eigenvalue weighted by molar-refractivity contribution is 8.76. The molecule has 3 aliphatic rings. The van der Waals surface area contributed by atoms with Crippen LogP contribution in [0, 0.1) is 5.92 Å². The van der Waals surface area contributed by atoms with Gasteiger partial charge in [-0.2, -0.15) is 5.06 Å². The van der Waals surface area contributed by atoms with Crippen molar-refractivity contribution in [3.63, 3.8) is 0 Å². The van der Waals surface area contributed by atoms with E-state index in [4.69, 9.17) is 4.74 Å². The first-order valence-electron chi connectivity index (χ1n) is 10.6. The summed E-state index contributed by atoms with van der Waals surface area (Å²) in [5.41, 5.74) is 3.60. The summed E-state index contributed by atoms with van der Waals surface area (Å²) in [5, 5.41) is 26.2. The Labute approximate surface area is 182 Å². The SMILES string of the molecule is CC1(C)CC(CNCC(O)C2CCc3cc4c(cc3O2)CSSC4)C(C)(C)N1O. The van der Waals surface area contributed by atoms with Crippen LogP contribution in [0.2, 0.25) is 0 Å². The molecule has 1 saturated heterocycles. The van der Waals surface area contributed by atoms with Crippen LogP contribution in [0.15, 0.2) is 12.1 Å². The third-order valence-electron chi connectivity index (χ3n) is 6.91. The largest absolute Gasteiger partial charge is 0.487 e. The molecule has 29 heavy (non-hydrogen) atoms. The smallest absolute Gasteiger partial charge is 0.126 e. The van der Waals surface area contributed by atoms with Crippen LogP contribution in [-0.2, 0) is 17.9 Å². The summed E-state index contributed by atoms with van der Waals surface area (Å²) in [6, 6.07) is 4.51. The van der Waals surface area contributed by atoms with E-state index in [1.165, 1.54) is 21.8 Å². The van der Waals surface area contributed by atoms with Gasteiger partial charge in [0.1, 0.15) is 18.0 Å². The highest BCUT2D eigenvalue weighted by atomic mass is 33.1. The summed E-state index contributed by atoms with van der Waals surface area (Å²) in [4.78, 5) is 0. The van der Waals surface area contributed by atoms with Crippen molar-refractivity contribution in [3.05, 3.63) is 28.8 Å². The zero-order chi connectivity index (χ0) is 20.8. The zero-order valence-corrected chi connectivity index (χ0v) is 19.5. The number of hydrogen-bond donors (Lipinski definition) is 3. The molecule has 3 unspecified atom stereocenters. The lowest BCUT2D eigenvalue weighted by molar-refractivity contribution is -0.196. The molecule has 1 aromatic rings. The van der Waals surface area contributed by atoms with Crippen molar-refractivity contribution in [1.82, 2.24) is 10.4 Å². The maximum Gasteiger partial charge on any atom is 0.126 e. The number of nitrogens with one attached hydrogen (secondary N) is 1. The van der Waals surface area contributed by atoms with Crippen LogP contribution >= 0.6 is 21.6 Å². The Hall–Kier alpha value is -0.440. The minimum absolute atomic E-state index is 0.166. The Morgan fingerprint density at radius 1 is 1.17 bits per heavy atom. The number of aliphatic hydroxyl groups excluding tert-OH is 1. The van der Waals surface area contributed by atoms with Crippen molar-refractivity contribution in [2.45, 2.75) is 81.7 Å². The lowest BCUT2D eigenvalue weighted by atomic mass is 9.87. The number of aryl methyl sites for hydroxylation is 1. The number of hydrogen-bond acceptors (Lipinski definition) is 7. The van der Waals surface area contributed by atoms with Crippen LogP contribution in [0.3, 0.4) is 0 Å². The van der Waals surface area contributed by atoms with E-state index >= 15 is 0 Å². The van der Waals surface area contributed by atoms with E-state index in [0.717, 1.165) is 43.1 Å². The summed E-state index contributed by atoms with van der Waals surface area (Å²) >= 11 is 0. The average molecular weight is 439 g/mol. The Morgan fingerprint density at radius 3 is 2.52 bits per heavy atom. The summed E-state index contributed by atoms with van der Waals surface area (Å²) in [6.45, 7) is 9.61. The molecule has 0 bridgehead atoms. The van der Waals surface area contributed by atoms with E-state index in [9.17, 15) is 10.3 Å². The second kappa shape index (κ2) is 8.24. The van der Waals surface area contributed by atoms with E-state index in [1.54, 1.807) is 0 Å². The van der Waals surface area contributed by atoms with Crippen LogP contribution in [0.5, 0.6) is 5.75 Å². The number of hydroxylamine groups is 2. The Morgan fingerprint density at radius 2 is 1.86 bits per heavy atom. The fourth-order valence-corrected chi connectivity index (χ4v) is 7.26. The van der Waals surface area contributed by atoms with Crippen molar-refractivity contribution in [3.8, 4) is 5.75 Å². The molecule has 1 fully saturated rings. The van der Waals surface area contributed by atoms with Crippen LogP contribution in [0.1, 0.15) is 57.2 Å². The molecular weight excluding hydrogens is 404 g/mol. The summed E-state index contributed by atoms with van der Waals surface area (Å²) in [7, 11) is 3.82. The highest BCUT2D eigenvalue weighted by Gasteiger charge is 2.50. The van der Waals surface area contributed by atoms with Crippen molar-refractivity contribution >= 4 is 21.6 Å². The van der Waals surface area contributed by atoms with Gasteiger partial charge in [-0.3, -0.25) is 0 Å². The Balaban J connectivity index is 1.32. The van der Waals surface area contributed by atoms with Gasteiger partial charge in [-0.05, 0) is 82.2 Å². The Kier molecular flexibility index (Phi) is 6.19. The van der Waals surface area contributed by atoms with Gasteiger partial charge in [-0.25, -0.2) is 0 Å². The first kappa shape index (κ1) is 21.8. The first-order valence-corrected chi connectivity index (χ1v) is 13.1. The van der Waals surface area contributed by atoms with Gasteiger partial charge < -0.3 is 20.4 Å². The van der Waals surface area contributed by atoms with Crippen molar-refractivity contribution in [2.75, 3.05) is 13.1 Å². The van der Waals surface area contributed by atoms with Crippen LogP contribution in [0.4, 0.5) is 0 Å². The standard InChI is InChI=1S/C22H34N2O3S2/c1-21(2)9-17(22(3,4)24(21)26)10-23-11-18(25)19-6-5-14-7-15-12-28-29-13-16(15)8-20(14)27-19/h7-8,17-19,23,25-26H,5-6,9-13H2,1-4H3. The quantitative estimate of drug-likeness (QED) is 0.601. The molecule has 3 N–H and O–H groups in total. The normalized spacial score (nSPS) is 29.0. The van der Waals surface area contributed by atoms with Crippen LogP contribution < -0.4 is 10.1 Å². The second-order valence-electron chi connectivity index (χ2n) is 9.85. The maximum atomic E-state index is 10.7. The number of nitrogens with zero attached hydrogens (tertiary/aromatic N) is 1. The third kappa shape index (κ3) is 4.32. The fraction of sp³-hybridized carbons (Fsp3) is 0.727. The molecule has 0 aliphatic carbocycles. The predicted molar refractivity (Wildman–Crippen MR) is 121 cm³/mol. The van der Waals surface area contributed by atoms with Crippen LogP contribution in [0.25, 0.3) is 0 Å². The van der Waals surface area contributed by atoms with Crippen molar-refractivity contribution in [2.24, 2.45) is 5.92 Å². The van der Waals surface area contributed by atoms with E-state index < -0.39 is 6.10 Å². The monoisotopic (exact) mass is 438 g/mol. The average Bonchev–Trinajstić information content (AvgIpc) is 2.85. The van der Waals surface area contributed by atoms with Gasteiger partial charge in [0.25, 0.3) is 0 Å². The summed E-state index contributed by atoms with van der Waals surface area (Å²) in [6.07, 6.45) is 2.04. The van der Waals surface area contributed by atoms with Gasteiger partial charge in [0.05, 0.1) is 0 Å². The zero-order valence-electron chi connectivity index (χ0n) is 17.9. The summed E-state index contributed by atoms with van der Waals surface area (Å²) < 4.78 is 6.22. The van der Waals surface area contributed by atoms with Gasteiger partial charge in [0.2, 0.25) is 0 Å². The van der Waals surface area contributed by atoms with Crippen LogP contribution in [-0.4, -0.2) is 51.8 Å². The topological polar surface area (TPSA) is 65.0 Å². The molecule has 3 aliphatic heterocycles. The molecule has 5 nitrogen and oxygen atoms in total. The van der Waals surface area contributed by atoms with E-state index in [0.29, 0.717) is 12.5 Å². The van der Waals surface area contributed by atoms with Gasteiger partial charge in [0.15, 0.2) is 0 Å². The van der Waals surface area contributed by atoms with E-state index in [-0.39, 0.29) is 17.2 Å². The van der Waals surface area contributed by atoms with Crippen molar-refractivity contribution in [1.29, 1.82) is 0 Å². The number of fused-ring (bicyclic) bond motifs is 2. The molecule has 0 radical (unpaired) electrons. The van der Waals surface area contributed by atoms with Crippen molar-refractivity contribution < 1.29 is 15.1 Å². The fourth-order valence-electron chi connectivity index (χ4n) is 5.04. The van der Waals surface area contributed by atoms with Gasteiger partial charge >= 0.3 is 0 Å². The number of aliphatic hydroxyl groups is 1. The molecule has 0 spiro atoms. The molecule has 0 aromatic heterocycles. The first-order chi connectivity index (χ1) is 13.7. The minimum atomic E-state index is -0.535. The lowest BCUT2D eigenvalue weighted by Crippen LogP contribution is -2.49. The highest BCUT2D eigenvalue weighted by Crippen LogP contribution is 2.43. The van der Waals surface area contributed by atoms with E-state index in [2.05, 4.69) is 45.1 Å². The molecule has 3 heterocycles. The van der Waals surface area contributed by atoms with Gasteiger partial charge in [-0.1, -0.05) is 27.7 Å². The van der Waals surface area contributed by atoms with E-state index in [1.807, 2.05) is 21.6 Å². The lowest BCUT2D eigenvalue weighted by Gasteiger charge is -2.36. The second-order valence-corrected chi connectivity index (χ2v) is 12.3. The minimum Gasteiger partial charge on any atom is -0.487 e. The molecule has 3 atom stereocenters.